The van der Waals surface area contributed by atoms with Crippen LogP contribution < -0.4 is 4.90 Å². The van der Waals surface area contributed by atoms with Gasteiger partial charge in [-0.1, -0.05) is 0 Å². The Labute approximate surface area is 185 Å². The quantitative estimate of drug-likeness (QED) is 0.388. The normalized spacial score (nSPS) is 17.0. The Morgan fingerprint density at radius 3 is 1.96 bits per heavy atom. The number of ether oxygens (including phenoxy) is 2. The molecule has 1 aromatic rings. The summed E-state index contributed by atoms with van der Waals surface area (Å²) in [6.07, 6.45) is 0.805. The van der Waals surface area contributed by atoms with Gasteiger partial charge in [-0.15, -0.1) is 0 Å². The van der Waals surface area contributed by atoms with Crippen LogP contribution in [0.2, 0.25) is 0 Å². The standard InChI is InChI=1S/C15H14I3NO6/c1-24-14(22)8-10(16)9(15(23)25-2)12(18)13(11(8)17)19-6(5-20)3-4-7(19)21/h6,20H,3-5H2,1-2H3. The number of carbonyl (C=O) groups is 3. The molecule has 0 spiro atoms. The maximum Gasteiger partial charge on any atom is 0.340 e. The third kappa shape index (κ3) is 3.76. The van der Waals surface area contributed by atoms with Crippen LogP contribution in [0.15, 0.2) is 0 Å². The van der Waals surface area contributed by atoms with E-state index in [4.69, 9.17) is 9.47 Å². The molecule has 1 aliphatic heterocycles. The number of halogens is 3. The second-order valence-electron chi connectivity index (χ2n) is 5.16. The van der Waals surface area contributed by atoms with Gasteiger partial charge in [0, 0.05) is 9.99 Å². The Morgan fingerprint density at radius 1 is 1.08 bits per heavy atom. The average molecular weight is 685 g/mol. The molecule has 2 rings (SSSR count). The first-order valence-corrected chi connectivity index (χ1v) is 10.3. The lowest BCUT2D eigenvalue weighted by Crippen LogP contribution is -2.37. The summed E-state index contributed by atoms with van der Waals surface area (Å²) in [5.41, 5.74) is 0.843. The number of aliphatic hydroxyl groups excluding tert-OH is 1. The molecular weight excluding hydrogens is 671 g/mol. The van der Waals surface area contributed by atoms with Crippen molar-refractivity contribution in [3.05, 3.63) is 21.8 Å². The predicted octanol–water partition coefficient (Wildman–Crippen LogP) is 2.56. The molecule has 1 amide bonds. The zero-order valence-corrected chi connectivity index (χ0v) is 19.7. The molecular formula is C15H14I3NO6. The van der Waals surface area contributed by atoms with Crippen molar-refractivity contribution in [1.29, 1.82) is 0 Å². The van der Waals surface area contributed by atoms with Crippen LogP contribution in [0.25, 0.3) is 0 Å². The van der Waals surface area contributed by atoms with Crippen molar-refractivity contribution in [2.45, 2.75) is 18.9 Å². The lowest BCUT2D eigenvalue weighted by atomic mass is 10.1. The largest absolute Gasteiger partial charge is 0.465 e. The molecule has 10 heteroatoms. The fraction of sp³-hybridized carbons (Fsp3) is 0.400. The third-order valence-corrected chi connectivity index (χ3v) is 7.03. The highest BCUT2D eigenvalue weighted by Gasteiger charge is 2.38. The summed E-state index contributed by atoms with van der Waals surface area (Å²) >= 11 is 5.85. The van der Waals surface area contributed by atoms with E-state index in [-0.39, 0.29) is 23.6 Å². The van der Waals surface area contributed by atoms with Crippen molar-refractivity contribution in [2.75, 3.05) is 25.7 Å². The van der Waals surface area contributed by atoms with Gasteiger partial charge in [-0.05, 0) is 74.2 Å². The van der Waals surface area contributed by atoms with Gasteiger partial charge in [0.2, 0.25) is 5.91 Å². The van der Waals surface area contributed by atoms with E-state index in [2.05, 4.69) is 0 Å². The molecule has 25 heavy (non-hydrogen) atoms. The van der Waals surface area contributed by atoms with E-state index in [1.807, 2.05) is 67.8 Å². The molecule has 0 saturated carbocycles. The Kier molecular flexibility index (Phi) is 7.29. The topological polar surface area (TPSA) is 93.1 Å². The van der Waals surface area contributed by atoms with Gasteiger partial charge in [-0.2, -0.15) is 0 Å². The van der Waals surface area contributed by atoms with Crippen LogP contribution >= 0.6 is 67.8 Å². The van der Waals surface area contributed by atoms with Gasteiger partial charge in [-0.25, -0.2) is 9.59 Å². The Morgan fingerprint density at radius 2 is 1.56 bits per heavy atom. The number of anilines is 1. The summed E-state index contributed by atoms with van der Waals surface area (Å²) in [5.74, 6) is -1.38. The molecule has 1 aromatic carbocycles. The Balaban J connectivity index is 2.85. The minimum Gasteiger partial charge on any atom is -0.465 e. The SMILES string of the molecule is COC(=O)c1c(I)c(C(=O)OC)c(I)c(N2C(=O)CCC2CO)c1I. The highest BCUT2D eigenvalue weighted by molar-refractivity contribution is 14.1. The Bertz CT molecular complexity index is 708. The minimum absolute atomic E-state index is 0.164. The van der Waals surface area contributed by atoms with E-state index in [0.717, 1.165) is 0 Å². The summed E-state index contributed by atoms with van der Waals surface area (Å²) in [6.45, 7) is -0.203. The molecule has 0 aromatic heterocycles. The monoisotopic (exact) mass is 685 g/mol. The van der Waals surface area contributed by atoms with Crippen molar-refractivity contribution in [1.82, 2.24) is 0 Å². The molecule has 1 heterocycles. The fourth-order valence-corrected chi connectivity index (χ4v) is 7.22. The molecule has 1 fully saturated rings. The van der Waals surface area contributed by atoms with E-state index in [1.54, 1.807) is 0 Å². The second-order valence-corrected chi connectivity index (χ2v) is 8.40. The predicted molar refractivity (Wildman–Crippen MR) is 115 cm³/mol. The van der Waals surface area contributed by atoms with Crippen molar-refractivity contribution in [2.24, 2.45) is 0 Å². The zero-order valence-electron chi connectivity index (χ0n) is 13.3. The second kappa shape index (κ2) is 8.65. The fourth-order valence-electron chi connectivity index (χ4n) is 2.65. The number of methoxy groups -OCH3 is 2. The van der Waals surface area contributed by atoms with Crippen LogP contribution in [0.4, 0.5) is 5.69 Å². The van der Waals surface area contributed by atoms with Gasteiger partial charge in [0.1, 0.15) is 0 Å². The number of nitrogens with zero attached hydrogens (tertiary/aromatic N) is 1. The summed E-state index contributed by atoms with van der Waals surface area (Å²) in [6, 6.07) is -0.398. The van der Waals surface area contributed by atoms with E-state index in [0.29, 0.717) is 29.2 Å². The number of rotatable bonds is 4. The van der Waals surface area contributed by atoms with E-state index >= 15 is 0 Å². The third-order valence-electron chi connectivity index (χ3n) is 3.85. The summed E-state index contributed by atoms with van der Waals surface area (Å²) in [5, 5.41) is 9.62. The van der Waals surface area contributed by atoms with Crippen LogP contribution in [0.5, 0.6) is 0 Å². The lowest BCUT2D eigenvalue weighted by molar-refractivity contribution is -0.117. The summed E-state index contributed by atoms with van der Waals surface area (Å²) in [4.78, 5) is 38.5. The minimum atomic E-state index is -0.608. The lowest BCUT2D eigenvalue weighted by Gasteiger charge is -2.28. The average Bonchev–Trinajstić information content (AvgIpc) is 2.95. The van der Waals surface area contributed by atoms with Gasteiger partial charge in [0.25, 0.3) is 0 Å². The molecule has 0 aliphatic carbocycles. The van der Waals surface area contributed by atoms with Crippen molar-refractivity contribution in [3.63, 3.8) is 0 Å². The molecule has 7 nitrogen and oxygen atoms in total. The van der Waals surface area contributed by atoms with Crippen LogP contribution in [-0.4, -0.2) is 49.8 Å². The number of aliphatic hydroxyl groups is 1. The molecule has 1 atom stereocenters. The number of carbonyl (C=O) groups excluding carboxylic acids is 3. The van der Waals surface area contributed by atoms with Gasteiger partial charge < -0.3 is 19.5 Å². The summed E-state index contributed by atoms with van der Waals surface area (Å²) in [7, 11) is 2.50. The first kappa shape index (κ1) is 21.1. The van der Waals surface area contributed by atoms with Gasteiger partial charge in [0.05, 0.1) is 50.8 Å². The van der Waals surface area contributed by atoms with E-state index in [1.165, 1.54) is 19.1 Å². The molecule has 136 valence electrons. The molecule has 1 unspecified atom stereocenters. The number of amides is 1. The van der Waals surface area contributed by atoms with Crippen LogP contribution in [-0.2, 0) is 14.3 Å². The van der Waals surface area contributed by atoms with Crippen molar-refractivity contribution >= 4 is 91.3 Å². The number of esters is 2. The van der Waals surface area contributed by atoms with Crippen LogP contribution in [0.1, 0.15) is 33.6 Å². The first-order chi connectivity index (χ1) is 11.8. The highest BCUT2D eigenvalue weighted by atomic mass is 127. The van der Waals surface area contributed by atoms with Crippen molar-refractivity contribution in [3.8, 4) is 0 Å². The Hall–Kier alpha value is -0.220. The van der Waals surface area contributed by atoms with Gasteiger partial charge in [-0.3, -0.25) is 4.79 Å². The maximum absolute atomic E-state index is 12.4. The maximum atomic E-state index is 12.4. The van der Waals surface area contributed by atoms with Crippen molar-refractivity contribution < 1.29 is 29.0 Å². The molecule has 1 aliphatic rings. The molecule has 1 saturated heterocycles. The molecule has 0 radical (unpaired) electrons. The zero-order chi connectivity index (χ0) is 18.9. The number of hydrogen-bond donors (Lipinski definition) is 1. The van der Waals surface area contributed by atoms with Crippen LogP contribution in [0.3, 0.4) is 0 Å². The number of hydrogen-bond acceptors (Lipinski definition) is 6. The highest BCUT2D eigenvalue weighted by Crippen LogP contribution is 2.41. The van der Waals surface area contributed by atoms with E-state index < -0.39 is 18.0 Å². The smallest absolute Gasteiger partial charge is 0.340 e. The summed E-state index contributed by atoms with van der Waals surface area (Å²) < 4.78 is 11.1. The van der Waals surface area contributed by atoms with E-state index in [9.17, 15) is 19.5 Å². The molecule has 0 bridgehead atoms. The molecule has 1 N–H and O–H groups in total. The first-order valence-electron chi connectivity index (χ1n) is 7.10. The van der Waals surface area contributed by atoms with Gasteiger partial charge in [0.15, 0.2) is 0 Å². The van der Waals surface area contributed by atoms with Gasteiger partial charge >= 0.3 is 11.9 Å². The van der Waals surface area contributed by atoms with Crippen LogP contribution in [0, 0.1) is 10.7 Å². The number of benzene rings is 1.